The summed E-state index contributed by atoms with van der Waals surface area (Å²) in [7, 11) is -2.57. The van der Waals surface area contributed by atoms with Gasteiger partial charge in [-0.25, -0.2) is 13.2 Å². The summed E-state index contributed by atoms with van der Waals surface area (Å²) in [5.41, 5.74) is 0.237. The SMILES string of the molecule is COC(=O)[C@H]1[C@@H](NC(=O)OC(C)(C)C)[C@H]2CC[C@@H]1N2S(=O)(=O)c1ccc(C)cc1. The Morgan fingerprint density at radius 1 is 1.10 bits per heavy atom. The van der Waals surface area contributed by atoms with Crippen LogP contribution in [0.25, 0.3) is 0 Å². The average Bonchev–Trinajstić information content (AvgIpc) is 3.17. The van der Waals surface area contributed by atoms with Crippen molar-refractivity contribution in [3.63, 3.8) is 0 Å². The zero-order chi connectivity index (χ0) is 21.6. The fraction of sp³-hybridized carbons (Fsp3) is 0.600. The van der Waals surface area contributed by atoms with Crippen molar-refractivity contribution in [1.29, 1.82) is 0 Å². The van der Waals surface area contributed by atoms with E-state index in [9.17, 15) is 18.0 Å². The normalized spacial score (nSPS) is 26.9. The summed E-state index contributed by atoms with van der Waals surface area (Å²) < 4.78 is 38.3. The van der Waals surface area contributed by atoms with Crippen molar-refractivity contribution in [2.75, 3.05) is 7.11 Å². The number of esters is 1. The molecule has 0 aromatic heterocycles. The van der Waals surface area contributed by atoms with Gasteiger partial charge in [0.05, 0.1) is 24.0 Å². The standard InChI is InChI=1S/C20H28N2O6S/c1-12-6-8-13(9-7-12)29(25,26)22-14-10-11-15(22)17(16(14)18(23)27-5)21-19(24)28-20(2,3)4/h6-9,14-17H,10-11H2,1-5H3,(H,21,24)/t14-,15+,16+,17-/m0/s1. The molecule has 0 aliphatic carbocycles. The van der Waals surface area contributed by atoms with Crippen LogP contribution in [-0.4, -0.2) is 55.6 Å². The van der Waals surface area contributed by atoms with E-state index in [1.54, 1.807) is 45.0 Å². The van der Waals surface area contributed by atoms with Gasteiger partial charge in [-0.1, -0.05) is 17.7 Å². The van der Waals surface area contributed by atoms with Gasteiger partial charge in [0.1, 0.15) is 5.60 Å². The molecule has 0 saturated carbocycles. The predicted octanol–water partition coefficient (Wildman–Crippen LogP) is 2.21. The third kappa shape index (κ3) is 4.11. The zero-order valence-electron chi connectivity index (χ0n) is 17.3. The molecule has 160 valence electrons. The van der Waals surface area contributed by atoms with Crippen molar-refractivity contribution in [2.45, 2.75) is 69.2 Å². The predicted molar refractivity (Wildman–Crippen MR) is 106 cm³/mol. The van der Waals surface area contributed by atoms with Crippen molar-refractivity contribution in [1.82, 2.24) is 9.62 Å². The van der Waals surface area contributed by atoms with E-state index in [0.717, 1.165) is 5.56 Å². The Labute approximate surface area is 171 Å². The maximum Gasteiger partial charge on any atom is 0.407 e. The van der Waals surface area contributed by atoms with Gasteiger partial charge in [-0.2, -0.15) is 4.31 Å². The number of amides is 1. The van der Waals surface area contributed by atoms with Crippen LogP contribution in [0.3, 0.4) is 0 Å². The first-order chi connectivity index (χ1) is 13.5. The van der Waals surface area contributed by atoms with Crippen molar-refractivity contribution >= 4 is 22.1 Å². The number of rotatable bonds is 4. The van der Waals surface area contributed by atoms with Gasteiger partial charge >= 0.3 is 12.1 Å². The number of carbonyl (C=O) groups excluding carboxylic acids is 2. The quantitative estimate of drug-likeness (QED) is 0.744. The van der Waals surface area contributed by atoms with Gasteiger partial charge in [0.15, 0.2) is 0 Å². The third-order valence-corrected chi connectivity index (χ3v) is 7.35. The Bertz CT molecular complexity index is 891. The topological polar surface area (TPSA) is 102 Å². The maximum absolute atomic E-state index is 13.4. The lowest BCUT2D eigenvalue weighted by atomic mass is 9.84. The van der Waals surface area contributed by atoms with Gasteiger partial charge in [-0.05, 0) is 52.7 Å². The number of hydrogen-bond donors (Lipinski definition) is 1. The number of nitrogens with one attached hydrogen (secondary N) is 1. The van der Waals surface area contributed by atoms with Crippen LogP contribution in [-0.2, 0) is 24.3 Å². The largest absolute Gasteiger partial charge is 0.469 e. The van der Waals surface area contributed by atoms with Crippen LogP contribution in [0.5, 0.6) is 0 Å². The van der Waals surface area contributed by atoms with E-state index in [4.69, 9.17) is 9.47 Å². The number of alkyl carbamates (subject to hydrolysis) is 1. The van der Waals surface area contributed by atoms with Crippen molar-refractivity contribution < 1.29 is 27.5 Å². The number of carbonyl (C=O) groups is 2. The smallest absolute Gasteiger partial charge is 0.407 e. The minimum Gasteiger partial charge on any atom is -0.469 e. The van der Waals surface area contributed by atoms with Gasteiger partial charge in [0, 0.05) is 12.1 Å². The van der Waals surface area contributed by atoms with Gasteiger partial charge in [-0.15, -0.1) is 0 Å². The molecule has 29 heavy (non-hydrogen) atoms. The molecule has 0 spiro atoms. The first-order valence-electron chi connectivity index (χ1n) is 9.63. The van der Waals surface area contributed by atoms with E-state index < -0.39 is 51.7 Å². The van der Waals surface area contributed by atoms with Gasteiger partial charge < -0.3 is 14.8 Å². The van der Waals surface area contributed by atoms with Crippen molar-refractivity contribution in [3.8, 4) is 0 Å². The molecular weight excluding hydrogens is 396 g/mol. The second kappa shape index (κ2) is 7.60. The molecule has 1 amide bonds. The summed E-state index contributed by atoms with van der Waals surface area (Å²) >= 11 is 0. The van der Waals surface area contributed by atoms with E-state index >= 15 is 0 Å². The lowest BCUT2D eigenvalue weighted by Gasteiger charge is -2.29. The maximum atomic E-state index is 13.4. The molecule has 2 aliphatic heterocycles. The van der Waals surface area contributed by atoms with E-state index in [1.807, 2.05) is 6.92 Å². The molecule has 2 saturated heterocycles. The molecule has 2 heterocycles. The van der Waals surface area contributed by atoms with Crippen LogP contribution in [0.1, 0.15) is 39.2 Å². The number of fused-ring (bicyclic) bond motifs is 2. The number of methoxy groups -OCH3 is 1. The lowest BCUT2D eigenvalue weighted by molar-refractivity contribution is -0.147. The lowest BCUT2D eigenvalue weighted by Crippen LogP contribution is -2.51. The van der Waals surface area contributed by atoms with Gasteiger partial charge in [0.25, 0.3) is 0 Å². The summed E-state index contributed by atoms with van der Waals surface area (Å²) in [6, 6.07) is 4.77. The zero-order valence-corrected chi connectivity index (χ0v) is 18.2. The Morgan fingerprint density at radius 3 is 2.24 bits per heavy atom. The molecule has 3 rings (SSSR count). The summed E-state index contributed by atoms with van der Waals surface area (Å²) in [5.74, 6) is -1.33. The molecule has 4 atom stereocenters. The van der Waals surface area contributed by atoms with Crippen LogP contribution in [0.2, 0.25) is 0 Å². The minimum atomic E-state index is -3.84. The van der Waals surface area contributed by atoms with E-state index in [2.05, 4.69) is 5.32 Å². The molecule has 2 bridgehead atoms. The van der Waals surface area contributed by atoms with Crippen LogP contribution in [0, 0.1) is 12.8 Å². The minimum absolute atomic E-state index is 0.168. The second-order valence-electron chi connectivity index (χ2n) is 8.58. The van der Waals surface area contributed by atoms with Crippen LogP contribution < -0.4 is 5.32 Å². The summed E-state index contributed by atoms with van der Waals surface area (Å²) in [6.07, 6.45) is 0.391. The van der Waals surface area contributed by atoms with Crippen molar-refractivity contribution in [3.05, 3.63) is 29.8 Å². The molecule has 9 heteroatoms. The number of nitrogens with zero attached hydrogens (tertiary/aromatic N) is 1. The summed E-state index contributed by atoms with van der Waals surface area (Å²) in [5, 5.41) is 2.73. The third-order valence-electron chi connectivity index (χ3n) is 5.38. The van der Waals surface area contributed by atoms with Gasteiger partial charge in [0.2, 0.25) is 10.0 Å². The van der Waals surface area contributed by atoms with Crippen molar-refractivity contribution in [2.24, 2.45) is 5.92 Å². The summed E-state index contributed by atoms with van der Waals surface area (Å²) in [4.78, 5) is 25.0. The Morgan fingerprint density at radius 2 is 1.69 bits per heavy atom. The highest BCUT2D eigenvalue weighted by Crippen LogP contribution is 2.45. The average molecular weight is 425 g/mol. The fourth-order valence-corrected chi connectivity index (χ4v) is 6.16. The van der Waals surface area contributed by atoms with Crippen LogP contribution in [0.4, 0.5) is 4.79 Å². The number of aryl methyl sites for hydroxylation is 1. The molecule has 0 radical (unpaired) electrons. The Hall–Kier alpha value is -2.13. The molecule has 1 aromatic carbocycles. The first kappa shape index (κ1) is 21.6. The van der Waals surface area contributed by atoms with Gasteiger partial charge in [-0.3, -0.25) is 4.79 Å². The van der Waals surface area contributed by atoms with Crippen LogP contribution in [0.15, 0.2) is 29.2 Å². The second-order valence-corrected chi connectivity index (χ2v) is 10.4. The molecule has 1 N–H and O–H groups in total. The number of ether oxygens (including phenoxy) is 2. The molecule has 1 aromatic rings. The highest BCUT2D eigenvalue weighted by atomic mass is 32.2. The number of hydrogen-bond acceptors (Lipinski definition) is 6. The fourth-order valence-electron chi connectivity index (χ4n) is 4.25. The highest BCUT2D eigenvalue weighted by Gasteiger charge is 2.61. The number of benzene rings is 1. The monoisotopic (exact) mass is 424 g/mol. The van der Waals surface area contributed by atoms with E-state index in [0.29, 0.717) is 12.8 Å². The molecule has 2 fully saturated rings. The Kier molecular flexibility index (Phi) is 5.66. The van der Waals surface area contributed by atoms with E-state index in [-0.39, 0.29) is 4.90 Å². The molecule has 2 aliphatic rings. The molecule has 8 nitrogen and oxygen atoms in total. The molecular formula is C20H28N2O6S. The molecule has 0 unspecified atom stereocenters. The van der Waals surface area contributed by atoms with Crippen LogP contribution >= 0.6 is 0 Å². The number of sulfonamides is 1. The highest BCUT2D eigenvalue weighted by molar-refractivity contribution is 7.89. The Balaban J connectivity index is 1.93. The summed E-state index contributed by atoms with van der Waals surface area (Å²) in [6.45, 7) is 7.09. The van der Waals surface area contributed by atoms with E-state index in [1.165, 1.54) is 11.4 Å². The first-order valence-corrected chi connectivity index (χ1v) is 11.1.